The van der Waals surface area contributed by atoms with Gasteiger partial charge >= 0.3 is 6.41 Å². The molecule has 0 fully saturated rings. The molecule has 0 aromatic rings. The molecule has 0 aromatic heterocycles. The molecule has 1 amide bonds. The molecule has 0 bridgehead atoms. The highest BCUT2D eigenvalue weighted by Gasteiger charge is 1.93. The zero-order valence-corrected chi connectivity index (χ0v) is 5.34. The summed E-state index contributed by atoms with van der Waals surface area (Å²) in [6.45, 7) is 8.03. The zero-order valence-electron chi connectivity index (χ0n) is 5.34. The average Bonchev–Trinajstić information content (AvgIpc) is 1.88. The maximum Gasteiger partial charge on any atom is 0.312 e. The molecule has 0 N–H and O–H groups in total. The molecule has 0 aromatic carbocycles. The van der Waals surface area contributed by atoms with E-state index in [0.717, 1.165) is 0 Å². The van der Waals surface area contributed by atoms with Crippen LogP contribution < -0.4 is 0 Å². The van der Waals surface area contributed by atoms with Gasteiger partial charge < -0.3 is 4.90 Å². The van der Waals surface area contributed by atoms with Gasteiger partial charge in [0.25, 0.3) is 0 Å². The van der Waals surface area contributed by atoms with Crippen LogP contribution in [0.5, 0.6) is 0 Å². The van der Waals surface area contributed by atoms with Crippen molar-refractivity contribution in [2.45, 2.75) is 0 Å². The van der Waals surface area contributed by atoms with E-state index in [2.05, 4.69) is 13.2 Å². The summed E-state index contributed by atoms with van der Waals surface area (Å²) in [5, 5.41) is 0. The number of hydrogen-bond donors (Lipinski definition) is 0. The van der Waals surface area contributed by atoms with Crippen LogP contribution in [0.2, 0.25) is 0 Å². The predicted octanol–water partition coefficient (Wildman–Crippen LogP) is 0.728. The number of carbonyl (C=O) groups excluding carboxylic acids is 1. The summed E-state index contributed by atoms with van der Waals surface area (Å²) in [6, 6.07) is 0. The van der Waals surface area contributed by atoms with E-state index in [0.29, 0.717) is 13.1 Å². The minimum atomic E-state index is 0.537. The molecule has 49 valence electrons. The normalized spacial score (nSPS) is 8.00. The molecule has 0 unspecified atom stereocenters. The molecule has 2 nitrogen and oxygen atoms in total. The van der Waals surface area contributed by atoms with Crippen molar-refractivity contribution in [3.63, 3.8) is 0 Å². The summed E-state index contributed by atoms with van der Waals surface area (Å²) in [5.41, 5.74) is 0. The maximum atomic E-state index is 9.99. The SMILES string of the molecule is C=CCN([C]=O)CC=C. The lowest BCUT2D eigenvalue weighted by molar-refractivity contribution is 0.437. The number of nitrogens with zero attached hydrogens (tertiary/aromatic N) is 1. The Morgan fingerprint density at radius 2 is 1.78 bits per heavy atom. The Bertz CT molecular complexity index is 99.5. The highest BCUT2D eigenvalue weighted by Crippen LogP contribution is 1.81. The van der Waals surface area contributed by atoms with Gasteiger partial charge in [-0.3, -0.25) is 4.79 Å². The monoisotopic (exact) mass is 124 g/mol. The van der Waals surface area contributed by atoms with Gasteiger partial charge in [-0.2, -0.15) is 0 Å². The standard InChI is InChI=1S/C7H10NO/c1-3-5-8(7-9)6-4-2/h3-4H,1-2,5-6H2. The van der Waals surface area contributed by atoms with Gasteiger partial charge in [0.05, 0.1) is 0 Å². The maximum absolute atomic E-state index is 9.99. The van der Waals surface area contributed by atoms with E-state index in [1.807, 2.05) is 0 Å². The second kappa shape index (κ2) is 5.09. The highest BCUT2D eigenvalue weighted by molar-refractivity contribution is 5.48. The quantitative estimate of drug-likeness (QED) is 0.391. The summed E-state index contributed by atoms with van der Waals surface area (Å²) < 4.78 is 0. The number of amides is 1. The lowest BCUT2D eigenvalue weighted by Crippen LogP contribution is -2.21. The Labute approximate surface area is 55.5 Å². The molecular weight excluding hydrogens is 114 g/mol. The molecule has 0 aliphatic rings. The molecule has 0 atom stereocenters. The van der Waals surface area contributed by atoms with E-state index in [9.17, 15) is 4.79 Å². The minimum absolute atomic E-state index is 0.537. The van der Waals surface area contributed by atoms with E-state index >= 15 is 0 Å². The molecule has 0 heterocycles. The van der Waals surface area contributed by atoms with Crippen LogP contribution in [0.3, 0.4) is 0 Å². The lowest BCUT2D eigenvalue weighted by atomic mass is 10.5. The molecule has 0 aliphatic heterocycles. The summed E-state index contributed by atoms with van der Waals surface area (Å²) in [5.74, 6) is 0. The molecule has 9 heavy (non-hydrogen) atoms. The molecule has 1 radical (unpaired) electrons. The molecule has 2 heteroatoms. The Balaban J connectivity index is 3.51. The third-order valence-electron chi connectivity index (χ3n) is 0.828. The van der Waals surface area contributed by atoms with Gasteiger partial charge in [0.15, 0.2) is 0 Å². The van der Waals surface area contributed by atoms with Crippen LogP contribution in [-0.4, -0.2) is 24.4 Å². The van der Waals surface area contributed by atoms with Crippen molar-refractivity contribution < 1.29 is 4.79 Å². The third-order valence-corrected chi connectivity index (χ3v) is 0.828. The van der Waals surface area contributed by atoms with Crippen molar-refractivity contribution in [1.29, 1.82) is 0 Å². The topological polar surface area (TPSA) is 20.3 Å². The second-order valence-corrected chi connectivity index (χ2v) is 1.57. The first-order valence-electron chi connectivity index (χ1n) is 2.69. The van der Waals surface area contributed by atoms with E-state index < -0.39 is 0 Å². The van der Waals surface area contributed by atoms with Crippen molar-refractivity contribution >= 4 is 6.41 Å². The molecule has 0 spiro atoms. The summed E-state index contributed by atoms with van der Waals surface area (Å²) in [7, 11) is 0. The first kappa shape index (κ1) is 7.95. The van der Waals surface area contributed by atoms with Crippen LogP contribution in [0.25, 0.3) is 0 Å². The fourth-order valence-corrected chi connectivity index (χ4v) is 0.461. The Kier molecular flexibility index (Phi) is 4.50. The first-order chi connectivity index (χ1) is 4.35. The highest BCUT2D eigenvalue weighted by atomic mass is 16.1. The van der Waals surface area contributed by atoms with Crippen molar-refractivity contribution in [3.05, 3.63) is 25.3 Å². The van der Waals surface area contributed by atoms with Gasteiger partial charge in [0.1, 0.15) is 0 Å². The van der Waals surface area contributed by atoms with Crippen molar-refractivity contribution in [2.24, 2.45) is 0 Å². The summed E-state index contributed by atoms with van der Waals surface area (Å²) in [4.78, 5) is 11.4. The lowest BCUT2D eigenvalue weighted by Gasteiger charge is -2.08. The summed E-state index contributed by atoms with van der Waals surface area (Å²) >= 11 is 0. The van der Waals surface area contributed by atoms with Crippen molar-refractivity contribution in [2.75, 3.05) is 13.1 Å². The van der Waals surface area contributed by atoms with Crippen molar-refractivity contribution in [3.8, 4) is 0 Å². The molecule has 0 aliphatic carbocycles. The predicted molar refractivity (Wildman–Crippen MR) is 37.7 cm³/mol. The van der Waals surface area contributed by atoms with Gasteiger partial charge in [-0.15, -0.1) is 13.2 Å². The minimum Gasteiger partial charge on any atom is -0.327 e. The van der Waals surface area contributed by atoms with Crippen LogP contribution in [0.1, 0.15) is 0 Å². The molecule has 0 saturated carbocycles. The Morgan fingerprint density at radius 3 is 2.00 bits per heavy atom. The van der Waals surface area contributed by atoms with E-state index in [1.165, 1.54) is 4.90 Å². The van der Waals surface area contributed by atoms with Crippen LogP contribution in [-0.2, 0) is 4.79 Å². The Hall–Kier alpha value is -1.05. The van der Waals surface area contributed by atoms with Gasteiger partial charge in [-0.1, -0.05) is 12.2 Å². The van der Waals surface area contributed by atoms with Gasteiger partial charge in [-0.05, 0) is 0 Å². The van der Waals surface area contributed by atoms with E-state index in [1.54, 1.807) is 18.6 Å². The third kappa shape index (κ3) is 3.53. The van der Waals surface area contributed by atoms with Gasteiger partial charge in [-0.25, -0.2) is 0 Å². The Morgan fingerprint density at radius 1 is 1.33 bits per heavy atom. The fraction of sp³-hybridized carbons (Fsp3) is 0.286. The van der Waals surface area contributed by atoms with Crippen LogP contribution in [0.4, 0.5) is 0 Å². The van der Waals surface area contributed by atoms with Crippen LogP contribution >= 0.6 is 0 Å². The van der Waals surface area contributed by atoms with Crippen molar-refractivity contribution in [1.82, 2.24) is 4.90 Å². The molecule has 0 saturated heterocycles. The smallest absolute Gasteiger partial charge is 0.312 e. The summed E-state index contributed by atoms with van der Waals surface area (Å²) in [6.07, 6.45) is 5.04. The zero-order chi connectivity index (χ0) is 7.11. The molecule has 0 rings (SSSR count). The number of hydrogen-bond acceptors (Lipinski definition) is 1. The van der Waals surface area contributed by atoms with E-state index in [-0.39, 0.29) is 0 Å². The van der Waals surface area contributed by atoms with E-state index in [4.69, 9.17) is 0 Å². The van der Waals surface area contributed by atoms with Crippen LogP contribution in [0, 0.1) is 0 Å². The average molecular weight is 124 g/mol. The largest absolute Gasteiger partial charge is 0.327 e. The second-order valence-electron chi connectivity index (χ2n) is 1.57. The van der Waals surface area contributed by atoms with Gasteiger partial charge in [0.2, 0.25) is 0 Å². The van der Waals surface area contributed by atoms with Gasteiger partial charge in [0, 0.05) is 13.1 Å². The molecular formula is C7H10NO. The van der Waals surface area contributed by atoms with Crippen LogP contribution in [0.15, 0.2) is 25.3 Å². The number of rotatable bonds is 5. The first-order valence-corrected chi connectivity index (χ1v) is 2.69. The fourth-order valence-electron chi connectivity index (χ4n) is 0.461.